The van der Waals surface area contributed by atoms with Crippen molar-refractivity contribution in [3.63, 3.8) is 0 Å². The summed E-state index contributed by atoms with van der Waals surface area (Å²) >= 11 is 1.93. The first kappa shape index (κ1) is 14.3. The van der Waals surface area contributed by atoms with Crippen molar-refractivity contribution in [2.75, 3.05) is 38.8 Å². The van der Waals surface area contributed by atoms with Crippen LogP contribution in [0.25, 0.3) is 0 Å². The van der Waals surface area contributed by atoms with Crippen LogP contribution in [-0.2, 0) is 4.74 Å². The van der Waals surface area contributed by atoms with Gasteiger partial charge < -0.3 is 10.1 Å². The standard InChI is InChI=1S/C11H25NOS/c1-11(2,6-5-9-14-4)10-12-7-8-13-3/h12H,5-10H2,1-4H3. The van der Waals surface area contributed by atoms with Crippen LogP contribution in [0.15, 0.2) is 0 Å². The zero-order valence-corrected chi connectivity index (χ0v) is 10.9. The van der Waals surface area contributed by atoms with Gasteiger partial charge in [0.1, 0.15) is 0 Å². The molecular formula is C11H25NOS. The zero-order chi connectivity index (χ0) is 10.9. The Morgan fingerprint density at radius 1 is 1.36 bits per heavy atom. The Bertz CT molecular complexity index is 128. The molecule has 2 nitrogen and oxygen atoms in total. The molecule has 0 atom stereocenters. The highest BCUT2D eigenvalue weighted by Gasteiger charge is 2.16. The third-order valence-corrected chi connectivity index (χ3v) is 2.99. The Hall–Kier alpha value is 0.270. The van der Waals surface area contributed by atoms with Gasteiger partial charge in [0.05, 0.1) is 6.61 Å². The monoisotopic (exact) mass is 219 g/mol. The van der Waals surface area contributed by atoms with Gasteiger partial charge in [-0.1, -0.05) is 13.8 Å². The second-order valence-corrected chi connectivity index (χ2v) is 5.42. The van der Waals surface area contributed by atoms with Gasteiger partial charge in [0.25, 0.3) is 0 Å². The Labute approximate surface area is 93.2 Å². The molecule has 0 heterocycles. The van der Waals surface area contributed by atoms with Crippen molar-refractivity contribution < 1.29 is 4.74 Å². The highest BCUT2D eigenvalue weighted by Crippen LogP contribution is 2.21. The second kappa shape index (κ2) is 8.57. The van der Waals surface area contributed by atoms with Gasteiger partial charge in [-0.3, -0.25) is 0 Å². The van der Waals surface area contributed by atoms with Gasteiger partial charge in [-0.25, -0.2) is 0 Å². The van der Waals surface area contributed by atoms with E-state index in [0.29, 0.717) is 5.41 Å². The first-order chi connectivity index (χ1) is 6.62. The maximum atomic E-state index is 4.99. The molecular weight excluding hydrogens is 194 g/mol. The Morgan fingerprint density at radius 3 is 2.64 bits per heavy atom. The Balaban J connectivity index is 3.40. The Morgan fingerprint density at radius 2 is 2.07 bits per heavy atom. The van der Waals surface area contributed by atoms with Crippen molar-refractivity contribution in [2.45, 2.75) is 26.7 Å². The number of thioether (sulfide) groups is 1. The summed E-state index contributed by atoms with van der Waals surface area (Å²) in [6, 6.07) is 0. The van der Waals surface area contributed by atoms with Crippen LogP contribution in [0, 0.1) is 5.41 Å². The third-order valence-electron chi connectivity index (χ3n) is 2.29. The van der Waals surface area contributed by atoms with Crippen LogP contribution in [-0.4, -0.2) is 38.8 Å². The predicted octanol–water partition coefficient (Wildman–Crippen LogP) is 2.39. The summed E-state index contributed by atoms with van der Waals surface area (Å²) in [4.78, 5) is 0. The zero-order valence-electron chi connectivity index (χ0n) is 10.1. The molecule has 0 radical (unpaired) electrons. The lowest BCUT2D eigenvalue weighted by Crippen LogP contribution is -2.31. The lowest BCUT2D eigenvalue weighted by molar-refractivity contribution is 0.192. The molecule has 14 heavy (non-hydrogen) atoms. The number of nitrogens with one attached hydrogen (secondary N) is 1. The highest BCUT2D eigenvalue weighted by molar-refractivity contribution is 7.98. The molecule has 3 heteroatoms. The minimum Gasteiger partial charge on any atom is -0.383 e. The van der Waals surface area contributed by atoms with Crippen molar-refractivity contribution in [3.8, 4) is 0 Å². The second-order valence-electron chi connectivity index (χ2n) is 4.43. The van der Waals surface area contributed by atoms with E-state index < -0.39 is 0 Å². The van der Waals surface area contributed by atoms with Gasteiger partial charge >= 0.3 is 0 Å². The van der Waals surface area contributed by atoms with Crippen molar-refractivity contribution in [1.82, 2.24) is 5.32 Å². The number of hydrogen-bond acceptors (Lipinski definition) is 3. The van der Waals surface area contributed by atoms with Crippen molar-refractivity contribution in [1.29, 1.82) is 0 Å². The summed E-state index contributed by atoms with van der Waals surface area (Å²) in [5.41, 5.74) is 0.420. The lowest BCUT2D eigenvalue weighted by atomic mass is 9.88. The van der Waals surface area contributed by atoms with Crippen LogP contribution in [0.3, 0.4) is 0 Å². The van der Waals surface area contributed by atoms with Gasteiger partial charge in [-0.2, -0.15) is 11.8 Å². The molecule has 0 fully saturated rings. The van der Waals surface area contributed by atoms with E-state index in [1.54, 1.807) is 7.11 Å². The quantitative estimate of drug-likeness (QED) is 0.602. The lowest BCUT2D eigenvalue weighted by Gasteiger charge is -2.24. The van der Waals surface area contributed by atoms with Crippen LogP contribution in [0.1, 0.15) is 26.7 Å². The molecule has 0 saturated heterocycles. The van der Waals surface area contributed by atoms with Gasteiger partial charge in [-0.05, 0) is 30.3 Å². The summed E-state index contributed by atoms with van der Waals surface area (Å²) < 4.78 is 4.99. The number of rotatable bonds is 9. The summed E-state index contributed by atoms with van der Waals surface area (Å²) in [6.07, 6.45) is 4.79. The maximum absolute atomic E-state index is 4.99. The average Bonchev–Trinajstić information content (AvgIpc) is 2.13. The average molecular weight is 219 g/mol. The maximum Gasteiger partial charge on any atom is 0.0587 e. The number of hydrogen-bond donors (Lipinski definition) is 1. The largest absolute Gasteiger partial charge is 0.383 e. The fourth-order valence-electron chi connectivity index (χ4n) is 1.38. The fourth-order valence-corrected chi connectivity index (χ4v) is 1.82. The highest BCUT2D eigenvalue weighted by atomic mass is 32.2. The molecule has 0 saturated carbocycles. The van der Waals surface area contributed by atoms with E-state index in [9.17, 15) is 0 Å². The van der Waals surface area contributed by atoms with Crippen LogP contribution in [0.5, 0.6) is 0 Å². The van der Waals surface area contributed by atoms with Gasteiger partial charge in [0.2, 0.25) is 0 Å². The van der Waals surface area contributed by atoms with Crippen LogP contribution in [0.2, 0.25) is 0 Å². The molecule has 0 aromatic carbocycles. The van der Waals surface area contributed by atoms with Crippen LogP contribution in [0.4, 0.5) is 0 Å². The van der Waals surface area contributed by atoms with Crippen molar-refractivity contribution in [3.05, 3.63) is 0 Å². The summed E-state index contributed by atoms with van der Waals surface area (Å²) in [7, 11) is 1.74. The molecule has 0 unspecified atom stereocenters. The third kappa shape index (κ3) is 8.85. The number of ether oxygens (including phenoxy) is 1. The molecule has 1 N–H and O–H groups in total. The van der Waals surface area contributed by atoms with E-state index in [2.05, 4.69) is 25.4 Å². The molecule has 0 rings (SSSR count). The molecule has 0 aliphatic heterocycles. The van der Waals surface area contributed by atoms with Crippen molar-refractivity contribution in [2.24, 2.45) is 5.41 Å². The molecule has 0 spiro atoms. The van der Waals surface area contributed by atoms with Gasteiger partial charge in [0, 0.05) is 20.2 Å². The summed E-state index contributed by atoms with van der Waals surface area (Å²) in [6.45, 7) is 7.51. The van der Waals surface area contributed by atoms with Gasteiger partial charge in [-0.15, -0.1) is 0 Å². The van der Waals surface area contributed by atoms with E-state index >= 15 is 0 Å². The first-order valence-corrected chi connectivity index (χ1v) is 6.70. The van der Waals surface area contributed by atoms with Crippen molar-refractivity contribution >= 4 is 11.8 Å². The van der Waals surface area contributed by atoms with Crippen LogP contribution >= 0.6 is 11.8 Å². The molecule has 0 aromatic rings. The van der Waals surface area contributed by atoms with E-state index in [-0.39, 0.29) is 0 Å². The van der Waals surface area contributed by atoms with E-state index in [0.717, 1.165) is 19.7 Å². The minimum absolute atomic E-state index is 0.420. The normalized spacial score (nSPS) is 12.0. The van der Waals surface area contributed by atoms with E-state index in [4.69, 9.17) is 4.74 Å². The molecule has 86 valence electrons. The summed E-state index contributed by atoms with van der Waals surface area (Å²) in [5, 5.41) is 3.42. The minimum atomic E-state index is 0.420. The smallest absolute Gasteiger partial charge is 0.0587 e. The first-order valence-electron chi connectivity index (χ1n) is 5.31. The van der Waals surface area contributed by atoms with Gasteiger partial charge in [0.15, 0.2) is 0 Å². The molecule has 0 aliphatic rings. The van der Waals surface area contributed by atoms with E-state index in [1.165, 1.54) is 18.6 Å². The number of methoxy groups -OCH3 is 1. The SMILES string of the molecule is COCCNCC(C)(C)CCCSC. The molecule has 0 aliphatic carbocycles. The Kier molecular flexibility index (Phi) is 8.73. The van der Waals surface area contributed by atoms with E-state index in [1.807, 2.05) is 11.8 Å². The topological polar surface area (TPSA) is 21.3 Å². The molecule has 0 aromatic heterocycles. The fraction of sp³-hybridized carbons (Fsp3) is 1.00. The predicted molar refractivity (Wildman–Crippen MR) is 66.1 cm³/mol. The molecule has 0 bridgehead atoms. The molecule has 0 amide bonds. The van der Waals surface area contributed by atoms with Crippen LogP contribution < -0.4 is 5.32 Å². The summed E-state index contributed by atoms with van der Waals surface area (Å²) in [5.74, 6) is 1.28.